The fraction of sp³-hybridized carbons (Fsp3) is 0.214. The average Bonchev–Trinajstić information content (AvgIpc) is 2.85. The van der Waals surface area contributed by atoms with E-state index in [0.717, 1.165) is 21.6 Å². The standard InChI is InChI=1S/C14H13ClN4OS/c1-8-6-10-11(18-14(15)19-13(10)21-8)17-7-9-4-3-5-16-12(9)20-2/h3-6H,7H2,1-2H3,(H,17,18,19). The highest BCUT2D eigenvalue weighted by atomic mass is 35.5. The molecule has 3 heterocycles. The molecule has 0 saturated carbocycles. The van der Waals surface area contributed by atoms with E-state index in [1.54, 1.807) is 24.6 Å². The lowest BCUT2D eigenvalue weighted by molar-refractivity contribution is 0.393. The summed E-state index contributed by atoms with van der Waals surface area (Å²) in [7, 11) is 1.60. The summed E-state index contributed by atoms with van der Waals surface area (Å²) in [5.74, 6) is 1.32. The van der Waals surface area contributed by atoms with Crippen molar-refractivity contribution in [1.29, 1.82) is 0 Å². The number of rotatable bonds is 4. The molecule has 5 nitrogen and oxygen atoms in total. The third kappa shape index (κ3) is 2.91. The third-order valence-corrected chi connectivity index (χ3v) is 4.09. The Hall–Kier alpha value is -1.92. The molecule has 0 saturated heterocycles. The number of aryl methyl sites for hydroxylation is 1. The number of methoxy groups -OCH3 is 1. The lowest BCUT2D eigenvalue weighted by Crippen LogP contribution is -2.05. The number of anilines is 1. The minimum absolute atomic E-state index is 0.241. The Morgan fingerprint density at radius 1 is 1.38 bits per heavy atom. The van der Waals surface area contributed by atoms with Crippen LogP contribution < -0.4 is 10.1 Å². The van der Waals surface area contributed by atoms with Gasteiger partial charge in [-0.05, 0) is 30.7 Å². The van der Waals surface area contributed by atoms with Gasteiger partial charge in [-0.15, -0.1) is 11.3 Å². The minimum Gasteiger partial charge on any atom is -0.481 e. The Kier molecular flexibility index (Phi) is 3.90. The van der Waals surface area contributed by atoms with Gasteiger partial charge in [-0.25, -0.2) is 15.0 Å². The third-order valence-electron chi connectivity index (χ3n) is 2.98. The highest BCUT2D eigenvalue weighted by Gasteiger charge is 2.10. The van der Waals surface area contributed by atoms with Gasteiger partial charge in [-0.3, -0.25) is 0 Å². The van der Waals surface area contributed by atoms with Gasteiger partial charge in [0.2, 0.25) is 11.2 Å². The summed E-state index contributed by atoms with van der Waals surface area (Å²) < 4.78 is 5.24. The summed E-state index contributed by atoms with van der Waals surface area (Å²) in [5, 5.41) is 4.50. The molecule has 0 spiro atoms. The fourth-order valence-corrected chi connectivity index (χ4v) is 3.17. The van der Waals surface area contributed by atoms with Gasteiger partial charge in [0.25, 0.3) is 0 Å². The molecule has 0 fully saturated rings. The molecule has 7 heteroatoms. The molecule has 0 atom stereocenters. The number of hydrogen-bond acceptors (Lipinski definition) is 6. The van der Waals surface area contributed by atoms with E-state index in [0.29, 0.717) is 12.4 Å². The molecule has 0 aliphatic rings. The monoisotopic (exact) mass is 320 g/mol. The Balaban J connectivity index is 1.91. The number of nitrogens with one attached hydrogen (secondary N) is 1. The predicted molar refractivity (Wildman–Crippen MR) is 85.3 cm³/mol. The maximum absolute atomic E-state index is 5.98. The Labute approximate surface area is 131 Å². The summed E-state index contributed by atoms with van der Waals surface area (Å²) in [6.45, 7) is 2.59. The van der Waals surface area contributed by atoms with Gasteiger partial charge in [0.05, 0.1) is 12.5 Å². The highest BCUT2D eigenvalue weighted by Crippen LogP contribution is 2.30. The van der Waals surface area contributed by atoms with Gasteiger partial charge >= 0.3 is 0 Å². The largest absolute Gasteiger partial charge is 0.481 e. The second-order valence-corrected chi connectivity index (χ2v) is 6.02. The van der Waals surface area contributed by atoms with Crippen LogP contribution in [0.25, 0.3) is 10.2 Å². The Bertz CT molecular complexity index is 790. The van der Waals surface area contributed by atoms with Crippen LogP contribution in [0.15, 0.2) is 24.4 Å². The van der Waals surface area contributed by atoms with Crippen LogP contribution in [0.2, 0.25) is 5.28 Å². The lowest BCUT2D eigenvalue weighted by atomic mass is 10.2. The van der Waals surface area contributed by atoms with Gasteiger partial charge in [-0.2, -0.15) is 0 Å². The topological polar surface area (TPSA) is 59.9 Å². The molecular formula is C14H13ClN4OS. The molecule has 0 bridgehead atoms. The van der Waals surface area contributed by atoms with Crippen LogP contribution in [-0.2, 0) is 6.54 Å². The van der Waals surface area contributed by atoms with Crippen LogP contribution in [0, 0.1) is 6.92 Å². The number of pyridine rings is 1. The molecule has 3 aromatic heterocycles. The average molecular weight is 321 g/mol. The number of halogens is 1. The van der Waals surface area contributed by atoms with Gasteiger partial charge in [0, 0.05) is 23.2 Å². The summed E-state index contributed by atoms with van der Waals surface area (Å²) in [5.41, 5.74) is 0.954. The maximum atomic E-state index is 5.98. The maximum Gasteiger partial charge on any atom is 0.225 e. The highest BCUT2D eigenvalue weighted by molar-refractivity contribution is 7.18. The normalized spacial score (nSPS) is 10.8. The van der Waals surface area contributed by atoms with Crippen molar-refractivity contribution < 1.29 is 4.74 Å². The zero-order valence-electron chi connectivity index (χ0n) is 11.6. The van der Waals surface area contributed by atoms with Gasteiger partial charge in [-0.1, -0.05) is 6.07 Å². The molecule has 108 valence electrons. The van der Waals surface area contributed by atoms with Crippen molar-refractivity contribution >= 4 is 39.0 Å². The van der Waals surface area contributed by atoms with Crippen molar-refractivity contribution in [1.82, 2.24) is 15.0 Å². The van der Waals surface area contributed by atoms with E-state index in [4.69, 9.17) is 16.3 Å². The van der Waals surface area contributed by atoms with E-state index in [1.807, 2.05) is 19.1 Å². The first kappa shape index (κ1) is 14.0. The second-order valence-electron chi connectivity index (χ2n) is 4.44. The zero-order chi connectivity index (χ0) is 14.8. The van der Waals surface area contributed by atoms with Gasteiger partial charge in [0.15, 0.2) is 0 Å². The number of fused-ring (bicyclic) bond motifs is 1. The smallest absolute Gasteiger partial charge is 0.225 e. The van der Waals surface area contributed by atoms with E-state index in [2.05, 4.69) is 26.3 Å². The van der Waals surface area contributed by atoms with Crippen LogP contribution in [-0.4, -0.2) is 22.1 Å². The Morgan fingerprint density at radius 3 is 3.05 bits per heavy atom. The minimum atomic E-state index is 0.241. The molecule has 0 unspecified atom stereocenters. The lowest BCUT2D eigenvalue weighted by Gasteiger charge is -2.09. The summed E-state index contributed by atoms with van der Waals surface area (Å²) in [4.78, 5) is 14.7. The molecule has 3 rings (SSSR count). The van der Waals surface area contributed by atoms with E-state index in [1.165, 1.54) is 4.88 Å². The number of aromatic nitrogens is 3. The number of ether oxygens (including phenoxy) is 1. The molecule has 0 aromatic carbocycles. The SMILES string of the molecule is COc1ncccc1CNc1nc(Cl)nc2sc(C)cc12. The number of thiophene rings is 1. The first-order chi connectivity index (χ1) is 10.2. The molecule has 3 aromatic rings. The first-order valence-corrected chi connectivity index (χ1v) is 7.52. The zero-order valence-corrected chi connectivity index (χ0v) is 13.1. The van der Waals surface area contributed by atoms with Gasteiger partial charge in [0.1, 0.15) is 10.6 Å². The summed E-state index contributed by atoms with van der Waals surface area (Å²) >= 11 is 7.58. The molecule has 0 aliphatic carbocycles. The quantitative estimate of drug-likeness (QED) is 0.743. The number of nitrogens with zero attached hydrogens (tertiary/aromatic N) is 3. The Morgan fingerprint density at radius 2 is 2.24 bits per heavy atom. The molecule has 0 amide bonds. The van der Waals surface area contributed by atoms with E-state index < -0.39 is 0 Å². The molecule has 1 N–H and O–H groups in total. The van der Waals surface area contributed by atoms with Crippen LogP contribution in [0.1, 0.15) is 10.4 Å². The van der Waals surface area contributed by atoms with Crippen LogP contribution in [0.4, 0.5) is 5.82 Å². The summed E-state index contributed by atoms with van der Waals surface area (Å²) in [6, 6.07) is 5.88. The fourth-order valence-electron chi connectivity index (χ4n) is 2.07. The predicted octanol–water partition coefficient (Wildman–Crippen LogP) is 3.67. The van der Waals surface area contributed by atoms with Crippen molar-refractivity contribution in [3.05, 3.63) is 40.1 Å². The van der Waals surface area contributed by atoms with Crippen LogP contribution in [0.5, 0.6) is 5.88 Å². The van der Waals surface area contributed by atoms with Crippen molar-refractivity contribution in [2.75, 3.05) is 12.4 Å². The van der Waals surface area contributed by atoms with Crippen molar-refractivity contribution in [3.63, 3.8) is 0 Å². The molecule has 0 radical (unpaired) electrons. The van der Waals surface area contributed by atoms with Crippen LogP contribution >= 0.6 is 22.9 Å². The van der Waals surface area contributed by atoms with Gasteiger partial charge < -0.3 is 10.1 Å². The summed E-state index contributed by atoms with van der Waals surface area (Å²) in [6.07, 6.45) is 1.70. The van der Waals surface area contributed by atoms with Crippen LogP contribution in [0.3, 0.4) is 0 Å². The van der Waals surface area contributed by atoms with E-state index >= 15 is 0 Å². The first-order valence-electron chi connectivity index (χ1n) is 6.33. The van der Waals surface area contributed by atoms with Crippen molar-refractivity contribution in [2.45, 2.75) is 13.5 Å². The molecular weight excluding hydrogens is 308 g/mol. The number of hydrogen-bond donors (Lipinski definition) is 1. The van der Waals surface area contributed by atoms with E-state index in [9.17, 15) is 0 Å². The molecule has 21 heavy (non-hydrogen) atoms. The van der Waals surface area contributed by atoms with E-state index in [-0.39, 0.29) is 5.28 Å². The van der Waals surface area contributed by atoms with Crippen molar-refractivity contribution in [2.24, 2.45) is 0 Å². The second kappa shape index (κ2) is 5.83. The molecule has 0 aliphatic heterocycles. The van der Waals surface area contributed by atoms with Crippen molar-refractivity contribution in [3.8, 4) is 5.88 Å².